The van der Waals surface area contributed by atoms with Gasteiger partial charge >= 0.3 is 22.6 Å². The molecule has 49 heavy (non-hydrogen) atoms. The Morgan fingerprint density at radius 2 is 1.69 bits per heavy atom. The molecule has 272 valence electrons. The summed E-state index contributed by atoms with van der Waals surface area (Å²) in [6.45, 7) is 11.4. The molecule has 2 saturated carbocycles. The van der Waals surface area contributed by atoms with Gasteiger partial charge in [-0.25, -0.2) is 4.79 Å². The summed E-state index contributed by atoms with van der Waals surface area (Å²) in [5, 5.41) is 14.2. The minimum Gasteiger partial charge on any atom is -0.363 e. The van der Waals surface area contributed by atoms with Crippen LogP contribution in [0.2, 0.25) is 0 Å². The molecule has 1 saturated heterocycles. The van der Waals surface area contributed by atoms with Gasteiger partial charge in [0.2, 0.25) is 17.6 Å². The van der Waals surface area contributed by atoms with Crippen LogP contribution in [-0.4, -0.2) is 71.7 Å². The third kappa shape index (κ3) is 10.5. The van der Waals surface area contributed by atoms with Crippen LogP contribution in [0.25, 0.3) is 0 Å². The molecule has 12 nitrogen and oxygen atoms in total. The van der Waals surface area contributed by atoms with Crippen molar-refractivity contribution in [2.75, 3.05) is 13.1 Å². The van der Waals surface area contributed by atoms with Gasteiger partial charge in [0.05, 0.1) is 10.9 Å². The van der Waals surface area contributed by atoms with Crippen molar-refractivity contribution in [2.45, 2.75) is 128 Å². The van der Waals surface area contributed by atoms with Crippen molar-refractivity contribution in [3.05, 3.63) is 16.3 Å². The van der Waals surface area contributed by atoms with Crippen molar-refractivity contribution in [1.29, 1.82) is 0 Å². The normalized spacial score (nSPS) is 21.9. The van der Waals surface area contributed by atoms with Gasteiger partial charge in [0.25, 0.3) is 5.91 Å². The second-order valence-corrected chi connectivity index (χ2v) is 17.1. The summed E-state index contributed by atoms with van der Waals surface area (Å²) in [7, 11) is 0. The van der Waals surface area contributed by atoms with Gasteiger partial charge in [-0.1, -0.05) is 66.7 Å². The summed E-state index contributed by atoms with van der Waals surface area (Å²) >= 11 is 1.98. The highest BCUT2D eigenvalue weighted by atomic mass is 32.1. The number of nitrogens with two attached hydrogens (primary N) is 1. The molecule has 6 N–H and O–H groups in total. The van der Waals surface area contributed by atoms with Gasteiger partial charge in [-0.2, -0.15) is 0 Å². The Kier molecular flexibility index (Phi) is 13.7. The number of hydrogen-bond acceptors (Lipinski definition) is 8. The van der Waals surface area contributed by atoms with Gasteiger partial charge in [0, 0.05) is 36.0 Å². The average Bonchev–Trinajstić information content (AvgIpc) is 3.56. The number of thiophene rings is 1. The van der Waals surface area contributed by atoms with Crippen LogP contribution in [0.15, 0.2) is 16.3 Å². The summed E-state index contributed by atoms with van der Waals surface area (Å²) in [5.41, 5.74) is 5.02. The fourth-order valence-corrected chi connectivity index (χ4v) is 8.61. The molecule has 2 aliphatic carbocycles. The van der Waals surface area contributed by atoms with Crippen LogP contribution in [0.4, 0.5) is 4.79 Å². The Hall–Kier alpha value is -2.97. The van der Waals surface area contributed by atoms with Crippen LogP contribution in [0.5, 0.6) is 0 Å². The molecule has 5 atom stereocenters. The Morgan fingerprint density at radius 1 is 1.00 bits per heavy atom. The number of nitrogens with zero attached hydrogens (tertiary/aromatic N) is 1. The second kappa shape index (κ2) is 17.3. The standard InChI is InChI=1S/C35H54N6O6S2/c1-20(2)23-13-15-41(29(23)32(44)38-24(17-21-11-12-21)30(42)31(36)43)33(45)28(22-9-7-6-8-10-22)40-34(46)39-27(35(3,4)5)19-37-18-26-25(49-47)14-16-48-26/h14,16,20-24,27-29,37H,6-13,15,17-19H2,1-5H3,(H4-,36,38,39,40,43,44,46)/p+1/t23-,24?,27-,28+,29+/m1/s1. The minimum absolute atomic E-state index is 0.0733. The smallest absolute Gasteiger partial charge is 0.363 e. The van der Waals surface area contributed by atoms with E-state index in [1.165, 1.54) is 11.3 Å². The summed E-state index contributed by atoms with van der Waals surface area (Å²) in [4.78, 5) is 70.0. The highest BCUT2D eigenvalue weighted by Gasteiger charge is 2.47. The molecule has 1 unspecified atom stereocenters. The van der Waals surface area contributed by atoms with E-state index < -0.39 is 41.8 Å². The predicted molar refractivity (Wildman–Crippen MR) is 190 cm³/mol. The van der Waals surface area contributed by atoms with Gasteiger partial charge in [-0.05, 0) is 60.1 Å². The van der Waals surface area contributed by atoms with Crippen molar-refractivity contribution in [3.8, 4) is 0 Å². The number of carbonyl (C=O) groups is 5. The molecule has 1 aromatic rings. The van der Waals surface area contributed by atoms with Crippen molar-refractivity contribution in [2.24, 2.45) is 34.8 Å². The van der Waals surface area contributed by atoms with Crippen LogP contribution >= 0.6 is 11.3 Å². The quantitative estimate of drug-likeness (QED) is 0.128. The molecule has 0 spiro atoms. The molecular formula is C35H55N6O6S2+. The number of rotatable bonds is 16. The van der Waals surface area contributed by atoms with E-state index in [0.717, 1.165) is 49.8 Å². The summed E-state index contributed by atoms with van der Waals surface area (Å²) < 4.78 is 11.4. The number of ketones is 1. The molecule has 4 rings (SSSR count). The Balaban J connectivity index is 1.51. The lowest BCUT2D eigenvalue weighted by Crippen LogP contribution is -2.61. The fraction of sp³-hybridized carbons (Fsp3) is 0.743. The van der Waals surface area contributed by atoms with Crippen molar-refractivity contribution in [3.63, 3.8) is 0 Å². The number of primary amides is 1. The summed E-state index contributed by atoms with van der Waals surface area (Å²) in [5.74, 6) is -2.57. The molecular weight excluding hydrogens is 665 g/mol. The number of amides is 5. The van der Waals surface area contributed by atoms with Gasteiger partial charge in [-0.3, -0.25) is 19.2 Å². The van der Waals surface area contributed by atoms with E-state index in [1.807, 2.05) is 40.0 Å². The maximum atomic E-state index is 14.5. The maximum absolute atomic E-state index is 14.5. The molecule has 0 aromatic carbocycles. The number of likely N-dealkylation sites (tertiary alicyclic amines) is 1. The molecule has 3 aliphatic rings. The molecule has 2 heterocycles. The van der Waals surface area contributed by atoms with E-state index in [0.29, 0.717) is 49.0 Å². The highest BCUT2D eigenvalue weighted by molar-refractivity contribution is 7.66. The zero-order chi connectivity index (χ0) is 35.9. The SMILES string of the molecule is CC(C)[C@H]1CCN(C(=O)[C@@H](NC(=O)N[C@H](CNCc2sccc2[S+]=O)C(C)(C)C)C2CCCCC2)[C@@H]1C(=O)NC(CC1CC1)C(=O)C(N)=O. The van der Waals surface area contributed by atoms with Crippen molar-refractivity contribution >= 4 is 52.5 Å². The molecule has 3 fully saturated rings. The van der Waals surface area contributed by atoms with Crippen LogP contribution < -0.4 is 27.0 Å². The van der Waals surface area contributed by atoms with Crippen molar-refractivity contribution in [1.82, 2.24) is 26.2 Å². The molecule has 0 radical (unpaired) electrons. The highest BCUT2D eigenvalue weighted by Crippen LogP contribution is 2.36. The zero-order valence-electron chi connectivity index (χ0n) is 29.5. The summed E-state index contributed by atoms with van der Waals surface area (Å²) in [6.07, 6.45) is 7.37. The Labute approximate surface area is 298 Å². The topological polar surface area (TPSA) is 180 Å². The fourth-order valence-electron chi connectivity index (χ4n) is 7.25. The van der Waals surface area contributed by atoms with Crippen LogP contribution in [0.3, 0.4) is 0 Å². The largest absolute Gasteiger partial charge is 0.506 e. The van der Waals surface area contributed by atoms with Gasteiger partial charge in [0.15, 0.2) is 0 Å². The van der Waals surface area contributed by atoms with Gasteiger partial charge < -0.3 is 31.9 Å². The average molecular weight is 720 g/mol. The van der Waals surface area contributed by atoms with E-state index in [9.17, 15) is 28.2 Å². The predicted octanol–water partition coefficient (Wildman–Crippen LogP) is 3.50. The lowest BCUT2D eigenvalue weighted by molar-refractivity contribution is -0.144. The van der Waals surface area contributed by atoms with E-state index in [2.05, 4.69) is 21.3 Å². The number of carbonyl (C=O) groups excluding carboxylic acids is 5. The molecule has 1 aromatic heterocycles. The van der Waals surface area contributed by atoms with Crippen LogP contribution in [0, 0.1) is 29.1 Å². The second-order valence-electron chi connectivity index (χ2n) is 15.5. The first-order valence-corrected chi connectivity index (χ1v) is 19.4. The lowest BCUT2D eigenvalue weighted by atomic mass is 9.82. The first-order valence-electron chi connectivity index (χ1n) is 17.8. The van der Waals surface area contributed by atoms with Gasteiger partial charge in [-0.15, -0.1) is 11.3 Å². The minimum atomic E-state index is -1.08. The molecule has 1 aliphatic heterocycles. The number of nitrogens with one attached hydrogen (secondary N) is 4. The first-order chi connectivity index (χ1) is 23.2. The van der Waals surface area contributed by atoms with E-state index >= 15 is 0 Å². The molecule has 0 bridgehead atoms. The number of urea groups is 1. The van der Waals surface area contributed by atoms with Gasteiger partial charge in [0.1, 0.15) is 12.1 Å². The number of hydrogen-bond donors (Lipinski definition) is 5. The van der Waals surface area contributed by atoms with Crippen molar-refractivity contribution < 1.29 is 28.2 Å². The molecule has 14 heteroatoms. The monoisotopic (exact) mass is 719 g/mol. The van der Waals surface area contributed by atoms with Crippen LogP contribution in [-0.2, 0) is 41.6 Å². The van der Waals surface area contributed by atoms with E-state index in [1.54, 1.807) is 11.0 Å². The van der Waals surface area contributed by atoms with Crippen LogP contribution in [0.1, 0.15) is 97.3 Å². The first kappa shape index (κ1) is 38.8. The lowest BCUT2D eigenvalue weighted by Gasteiger charge is -2.37. The van der Waals surface area contributed by atoms with E-state index in [-0.39, 0.29) is 41.0 Å². The molecule has 5 amide bonds. The number of Topliss-reactive ketones (excluding diaryl/α,β-unsaturated/α-hetero) is 1. The maximum Gasteiger partial charge on any atom is 0.506 e. The summed E-state index contributed by atoms with van der Waals surface area (Å²) in [6, 6.07) is -1.62. The third-order valence-electron chi connectivity index (χ3n) is 10.4. The Morgan fingerprint density at radius 3 is 2.29 bits per heavy atom. The zero-order valence-corrected chi connectivity index (χ0v) is 31.2. The third-order valence-corrected chi connectivity index (χ3v) is 12.1. The Bertz CT molecular complexity index is 1350. The van der Waals surface area contributed by atoms with E-state index in [4.69, 9.17) is 5.73 Å².